The van der Waals surface area contributed by atoms with Gasteiger partial charge < -0.3 is 4.90 Å². The summed E-state index contributed by atoms with van der Waals surface area (Å²) in [7, 11) is 0. The van der Waals surface area contributed by atoms with E-state index in [2.05, 4.69) is 29.2 Å². The number of hydrogen-bond donors (Lipinski definition) is 0. The van der Waals surface area contributed by atoms with Gasteiger partial charge in [-0.2, -0.15) is 0 Å². The van der Waals surface area contributed by atoms with E-state index in [0.29, 0.717) is 18.8 Å². The Morgan fingerprint density at radius 3 is 2.63 bits per heavy atom. The van der Waals surface area contributed by atoms with Crippen LogP contribution in [0.5, 0.6) is 0 Å². The van der Waals surface area contributed by atoms with Gasteiger partial charge in [0.2, 0.25) is 11.8 Å². The summed E-state index contributed by atoms with van der Waals surface area (Å²) < 4.78 is 0. The van der Waals surface area contributed by atoms with E-state index >= 15 is 0 Å². The number of piperidine rings is 1. The van der Waals surface area contributed by atoms with Crippen LogP contribution in [0.25, 0.3) is 0 Å². The van der Waals surface area contributed by atoms with Crippen molar-refractivity contribution in [3.8, 4) is 0 Å². The van der Waals surface area contributed by atoms with Gasteiger partial charge in [0.25, 0.3) is 0 Å². The molecule has 0 aliphatic carbocycles. The zero-order valence-corrected chi connectivity index (χ0v) is 16.3. The van der Waals surface area contributed by atoms with Crippen LogP contribution in [-0.4, -0.2) is 41.3 Å². The number of likely N-dealkylation sites (tertiary alicyclic amines) is 1. The van der Waals surface area contributed by atoms with Crippen molar-refractivity contribution < 1.29 is 9.59 Å². The summed E-state index contributed by atoms with van der Waals surface area (Å²) in [5, 5.41) is 2.66. The fourth-order valence-electron chi connectivity index (χ4n) is 3.95. The van der Waals surface area contributed by atoms with Gasteiger partial charge in [0.1, 0.15) is 0 Å². The van der Waals surface area contributed by atoms with Crippen LogP contribution in [0.4, 0.5) is 5.13 Å². The van der Waals surface area contributed by atoms with Crippen LogP contribution in [0.1, 0.15) is 36.9 Å². The predicted molar refractivity (Wildman–Crippen MR) is 107 cm³/mol. The van der Waals surface area contributed by atoms with Gasteiger partial charge in [0, 0.05) is 31.4 Å². The number of benzene rings is 1. The second kappa shape index (κ2) is 8.21. The minimum Gasteiger partial charge on any atom is -0.342 e. The van der Waals surface area contributed by atoms with Gasteiger partial charge >= 0.3 is 0 Å². The molecule has 27 heavy (non-hydrogen) atoms. The Bertz CT molecular complexity index is 797. The summed E-state index contributed by atoms with van der Waals surface area (Å²) in [6.07, 6.45) is 5.05. The molecule has 0 unspecified atom stereocenters. The Morgan fingerprint density at radius 1 is 1.15 bits per heavy atom. The maximum Gasteiger partial charge on any atom is 0.228 e. The number of anilines is 1. The van der Waals surface area contributed by atoms with Crippen LogP contribution < -0.4 is 4.90 Å². The first-order valence-corrected chi connectivity index (χ1v) is 10.6. The van der Waals surface area contributed by atoms with E-state index in [0.717, 1.165) is 56.1 Å². The third kappa shape index (κ3) is 4.38. The molecule has 2 aliphatic rings. The normalized spacial score (nSPS) is 18.3. The molecule has 2 saturated heterocycles. The molecule has 2 aliphatic heterocycles. The second-order valence-corrected chi connectivity index (χ2v) is 8.30. The smallest absolute Gasteiger partial charge is 0.228 e. The molecule has 142 valence electrons. The minimum absolute atomic E-state index is 0.141. The molecule has 1 aromatic carbocycles. The number of hydrogen-bond acceptors (Lipinski definition) is 4. The van der Waals surface area contributed by atoms with Gasteiger partial charge in [-0.1, -0.05) is 30.3 Å². The minimum atomic E-state index is 0.141. The molecule has 4 rings (SSSR count). The average Bonchev–Trinajstić information content (AvgIpc) is 3.32. The topological polar surface area (TPSA) is 53.5 Å². The molecule has 2 amide bonds. The molecule has 0 bridgehead atoms. The fraction of sp³-hybridized carbons (Fsp3) is 0.476. The van der Waals surface area contributed by atoms with Crippen LogP contribution >= 0.6 is 11.3 Å². The molecule has 0 atom stereocenters. The maximum atomic E-state index is 12.6. The monoisotopic (exact) mass is 383 g/mol. The number of carbonyl (C=O) groups excluding carboxylic acids is 2. The molecular weight excluding hydrogens is 358 g/mol. The van der Waals surface area contributed by atoms with Gasteiger partial charge in [-0.15, -0.1) is 11.3 Å². The molecule has 2 aromatic rings. The lowest BCUT2D eigenvalue weighted by Crippen LogP contribution is -2.39. The van der Waals surface area contributed by atoms with E-state index in [-0.39, 0.29) is 11.8 Å². The summed E-state index contributed by atoms with van der Waals surface area (Å²) in [4.78, 5) is 32.7. The highest BCUT2D eigenvalue weighted by molar-refractivity contribution is 7.14. The van der Waals surface area contributed by atoms with Crippen molar-refractivity contribution in [3.63, 3.8) is 0 Å². The third-order valence-electron chi connectivity index (χ3n) is 5.51. The zero-order valence-electron chi connectivity index (χ0n) is 15.5. The van der Waals surface area contributed by atoms with Crippen LogP contribution in [-0.2, 0) is 22.4 Å². The van der Waals surface area contributed by atoms with E-state index in [1.807, 2.05) is 16.3 Å². The molecule has 3 heterocycles. The van der Waals surface area contributed by atoms with Crippen LogP contribution in [0.3, 0.4) is 0 Å². The number of amides is 2. The van der Waals surface area contributed by atoms with Gasteiger partial charge in [0.15, 0.2) is 5.13 Å². The molecule has 0 spiro atoms. The fourth-order valence-corrected chi connectivity index (χ4v) is 4.82. The molecule has 0 radical (unpaired) electrons. The second-order valence-electron chi connectivity index (χ2n) is 7.46. The molecule has 5 nitrogen and oxygen atoms in total. The molecule has 1 aromatic heterocycles. The van der Waals surface area contributed by atoms with Gasteiger partial charge in [-0.3, -0.25) is 14.5 Å². The van der Waals surface area contributed by atoms with Crippen molar-refractivity contribution in [1.29, 1.82) is 0 Å². The SMILES string of the molecule is O=C(Cc1csc(N2CCCC2=O)n1)N1CCC(Cc2ccccc2)CC1. The standard InChI is InChI=1S/C21H25N3O2S/c25-19-7-4-10-24(19)21-22-18(15-27-21)14-20(26)23-11-8-17(9-12-23)13-16-5-2-1-3-6-16/h1-3,5-6,15,17H,4,7-14H2. The van der Waals surface area contributed by atoms with Crippen LogP contribution in [0, 0.1) is 5.92 Å². The zero-order chi connectivity index (χ0) is 18.6. The Kier molecular flexibility index (Phi) is 5.53. The van der Waals surface area contributed by atoms with Crippen LogP contribution in [0.2, 0.25) is 0 Å². The average molecular weight is 384 g/mol. The highest BCUT2D eigenvalue weighted by Gasteiger charge is 2.26. The number of carbonyl (C=O) groups is 2. The summed E-state index contributed by atoms with van der Waals surface area (Å²) in [5.41, 5.74) is 2.17. The summed E-state index contributed by atoms with van der Waals surface area (Å²) in [6, 6.07) is 10.6. The first-order chi connectivity index (χ1) is 13.2. The Morgan fingerprint density at radius 2 is 1.93 bits per heavy atom. The molecular formula is C21H25N3O2S. The van der Waals surface area contributed by atoms with Crippen molar-refractivity contribution in [2.75, 3.05) is 24.5 Å². The lowest BCUT2D eigenvalue weighted by molar-refractivity contribution is -0.131. The Labute approximate surface area is 164 Å². The predicted octanol–water partition coefficient (Wildman–Crippen LogP) is 3.29. The number of rotatable bonds is 5. The van der Waals surface area contributed by atoms with E-state index in [9.17, 15) is 9.59 Å². The summed E-state index contributed by atoms with van der Waals surface area (Å²) >= 11 is 1.46. The lowest BCUT2D eigenvalue weighted by Gasteiger charge is -2.32. The summed E-state index contributed by atoms with van der Waals surface area (Å²) in [6.45, 7) is 2.41. The van der Waals surface area contributed by atoms with Crippen molar-refractivity contribution in [3.05, 3.63) is 47.0 Å². The van der Waals surface area contributed by atoms with Gasteiger partial charge in [0.05, 0.1) is 12.1 Å². The lowest BCUT2D eigenvalue weighted by atomic mass is 9.90. The largest absolute Gasteiger partial charge is 0.342 e. The molecule has 2 fully saturated rings. The molecule has 0 N–H and O–H groups in total. The van der Waals surface area contributed by atoms with E-state index in [4.69, 9.17) is 0 Å². The van der Waals surface area contributed by atoms with Crippen LogP contribution in [0.15, 0.2) is 35.7 Å². The van der Waals surface area contributed by atoms with Crippen molar-refractivity contribution >= 4 is 28.3 Å². The molecule has 0 saturated carbocycles. The van der Waals surface area contributed by atoms with Crippen molar-refractivity contribution in [2.45, 2.75) is 38.5 Å². The Balaban J connectivity index is 1.27. The highest BCUT2D eigenvalue weighted by Crippen LogP contribution is 2.26. The first kappa shape index (κ1) is 18.2. The summed E-state index contributed by atoms with van der Waals surface area (Å²) in [5.74, 6) is 0.948. The Hall–Kier alpha value is -2.21. The quantitative estimate of drug-likeness (QED) is 0.796. The maximum absolute atomic E-state index is 12.6. The van der Waals surface area contributed by atoms with Gasteiger partial charge in [-0.25, -0.2) is 4.98 Å². The molecule has 6 heteroatoms. The first-order valence-electron chi connectivity index (χ1n) is 9.75. The number of thiazole rings is 1. The van der Waals surface area contributed by atoms with E-state index in [1.54, 1.807) is 4.90 Å². The van der Waals surface area contributed by atoms with E-state index in [1.165, 1.54) is 16.9 Å². The number of nitrogens with zero attached hydrogens (tertiary/aromatic N) is 3. The van der Waals surface area contributed by atoms with Crippen molar-refractivity contribution in [2.24, 2.45) is 5.92 Å². The van der Waals surface area contributed by atoms with Crippen molar-refractivity contribution in [1.82, 2.24) is 9.88 Å². The van der Waals surface area contributed by atoms with E-state index < -0.39 is 0 Å². The number of aromatic nitrogens is 1. The highest BCUT2D eigenvalue weighted by atomic mass is 32.1. The third-order valence-corrected chi connectivity index (χ3v) is 6.42. The van der Waals surface area contributed by atoms with Gasteiger partial charge in [-0.05, 0) is 37.2 Å².